The molecule has 0 fully saturated rings. The van der Waals surface area contributed by atoms with Gasteiger partial charge in [0.15, 0.2) is 0 Å². The Morgan fingerprint density at radius 3 is 2.74 bits per heavy atom. The molecule has 5 heteroatoms. The Labute approximate surface area is 162 Å². The number of hydrogen-bond acceptors (Lipinski definition) is 4. The average molecular weight is 379 g/mol. The maximum atomic E-state index is 12.8. The first-order chi connectivity index (χ1) is 13.1. The molecule has 4 rings (SSSR count). The number of hydrogen-bond donors (Lipinski definition) is 2. The van der Waals surface area contributed by atoms with Crippen molar-refractivity contribution in [3.05, 3.63) is 70.1 Å². The summed E-state index contributed by atoms with van der Waals surface area (Å²) in [6.07, 6.45) is 1.97. The molecule has 2 N–H and O–H groups in total. The Hall–Kier alpha value is -2.79. The van der Waals surface area contributed by atoms with Crippen LogP contribution in [-0.2, 0) is 12.8 Å². The van der Waals surface area contributed by atoms with Gasteiger partial charge in [-0.3, -0.25) is 4.79 Å². The number of rotatable bonds is 4. The molecular weight excluding hydrogens is 358 g/mol. The third kappa shape index (κ3) is 3.30. The monoisotopic (exact) mass is 379 g/mol. The zero-order valence-electron chi connectivity index (χ0n) is 15.3. The lowest BCUT2D eigenvalue weighted by atomic mass is 9.91. The first kappa shape index (κ1) is 17.6. The van der Waals surface area contributed by atoms with Gasteiger partial charge in [0.25, 0.3) is 5.91 Å². The molecular formula is C22H21NO3S. The molecule has 1 amide bonds. The maximum Gasteiger partial charge on any atom is 0.261 e. The zero-order valence-corrected chi connectivity index (χ0v) is 16.1. The second-order valence-corrected chi connectivity index (χ2v) is 7.79. The molecule has 3 aromatic rings. The van der Waals surface area contributed by atoms with Crippen LogP contribution in [0.5, 0.6) is 11.5 Å². The molecule has 0 radical (unpaired) electrons. The minimum atomic E-state index is -0.334. The highest BCUT2D eigenvalue weighted by atomic mass is 32.1. The summed E-state index contributed by atoms with van der Waals surface area (Å²) in [6.45, 7) is 1.86. The molecule has 1 atom stereocenters. The van der Waals surface area contributed by atoms with Crippen molar-refractivity contribution in [2.24, 2.45) is 0 Å². The van der Waals surface area contributed by atoms with E-state index in [1.54, 1.807) is 25.3 Å². The van der Waals surface area contributed by atoms with Gasteiger partial charge in [0, 0.05) is 10.4 Å². The molecule has 4 nitrogen and oxygen atoms in total. The van der Waals surface area contributed by atoms with Crippen LogP contribution in [0, 0.1) is 0 Å². The Morgan fingerprint density at radius 1 is 1.15 bits per heavy atom. The summed E-state index contributed by atoms with van der Waals surface area (Å²) >= 11 is 1.54. The van der Waals surface area contributed by atoms with E-state index >= 15 is 0 Å². The molecule has 0 spiro atoms. The summed E-state index contributed by atoms with van der Waals surface area (Å²) < 4.78 is 5.22. The number of carbonyl (C=O) groups is 1. The summed E-state index contributed by atoms with van der Waals surface area (Å²) in [5, 5.41) is 13.1. The zero-order chi connectivity index (χ0) is 19.0. The largest absolute Gasteiger partial charge is 0.508 e. The summed E-state index contributed by atoms with van der Waals surface area (Å²) in [4.78, 5) is 14.7. The van der Waals surface area contributed by atoms with Crippen molar-refractivity contribution in [3.8, 4) is 21.9 Å². The summed E-state index contributed by atoms with van der Waals surface area (Å²) in [5.41, 5.74) is 4.45. The number of carbonyl (C=O) groups excluding carboxylic acids is 1. The fourth-order valence-electron chi connectivity index (χ4n) is 3.54. The summed E-state index contributed by atoms with van der Waals surface area (Å²) in [5.74, 6) is 0.664. The Bertz CT molecular complexity index is 1010. The van der Waals surface area contributed by atoms with Crippen molar-refractivity contribution < 1.29 is 14.6 Å². The molecule has 138 valence electrons. The van der Waals surface area contributed by atoms with Crippen LogP contribution in [-0.4, -0.2) is 18.1 Å². The van der Waals surface area contributed by atoms with Crippen LogP contribution in [0.15, 0.2) is 48.5 Å². The van der Waals surface area contributed by atoms with Gasteiger partial charge < -0.3 is 15.2 Å². The molecule has 0 aliphatic heterocycles. The van der Waals surface area contributed by atoms with Gasteiger partial charge in [0.2, 0.25) is 0 Å². The fraction of sp³-hybridized carbons (Fsp3) is 0.227. The lowest BCUT2D eigenvalue weighted by molar-refractivity contribution is 0.0943. The van der Waals surface area contributed by atoms with E-state index in [1.165, 1.54) is 32.9 Å². The second kappa shape index (κ2) is 7.08. The molecule has 0 bridgehead atoms. The number of benzene rings is 2. The predicted octanol–water partition coefficient (Wildman–Crippen LogP) is 4.72. The highest BCUT2D eigenvalue weighted by Crippen LogP contribution is 2.39. The van der Waals surface area contributed by atoms with E-state index < -0.39 is 0 Å². The first-order valence-electron chi connectivity index (χ1n) is 8.95. The van der Waals surface area contributed by atoms with Gasteiger partial charge in [-0.15, -0.1) is 11.3 Å². The van der Waals surface area contributed by atoms with Gasteiger partial charge >= 0.3 is 0 Å². The maximum absolute atomic E-state index is 12.8. The number of aromatic hydroxyl groups is 1. The average Bonchev–Trinajstić information content (AvgIpc) is 3.13. The molecule has 1 aromatic heterocycles. The van der Waals surface area contributed by atoms with Gasteiger partial charge in [-0.2, -0.15) is 0 Å². The van der Waals surface area contributed by atoms with E-state index in [1.807, 2.05) is 19.1 Å². The number of phenolic OH excluding ortho intramolecular Hbond substituents is 1. The van der Waals surface area contributed by atoms with Crippen LogP contribution in [0.1, 0.15) is 39.3 Å². The highest BCUT2D eigenvalue weighted by molar-refractivity contribution is 7.17. The highest BCUT2D eigenvalue weighted by Gasteiger charge is 2.22. The van der Waals surface area contributed by atoms with E-state index in [9.17, 15) is 9.90 Å². The standard InChI is InChI=1S/C22H21NO3S/c1-13(18-12-16(26-2)9-10-19(18)24)23-22(25)20-11-15-8-7-14-5-3-4-6-17(14)21(15)27-20/h3-6,9-13,24H,7-8H2,1-2H3,(H,23,25)/t13-/m1/s1. The number of phenols is 1. The van der Waals surface area contributed by atoms with E-state index in [4.69, 9.17) is 4.74 Å². The minimum absolute atomic E-state index is 0.124. The first-order valence-corrected chi connectivity index (χ1v) is 9.77. The predicted molar refractivity (Wildman–Crippen MR) is 108 cm³/mol. The number of ether oxygens (including phenoxy) is 1. The lowest BCUT2D eigenvalue weighted by Crippen LogP contribution is -2.26. The summed E-state index contributed by atoms with van der Waals surface area (Å²) in [6, 6.07) is 15.1. The van der Waals surface area contributed by atoms with Crippen molar-refractivity contribution in [3.63, 3.8) is 0 Å². The van der Waals surface area contributed by atoms with Gasteiger partial charge in [0.05, 0.1) is 18.0 Å². The van der Waals surface area contributed by atoms with Crippen LogP contribution in [0.25, 0.3) is 10.4 Å². The third-order valence-electron chi connectivity index (χ3n) is 5.01. The van der Waals surface area contributed by atoms with Crippen LogP contribution < -0.4 is 10.1 Å². The number of methoxy groups -OCH3 is 1. The molecule has 1 heterocycles. The SMILES string of the molecule is COc1ccc(O)c([C@@H](C)NC(=O)c2cc3c(s2)-c2ccccc2CC3)c1. The second-order valence-electron chi connectivity index (χ2n) is 6.74. The van der Waals surface area contributed by atoms with Gasteiger partial charge in [-0.05, 0) is 60.7 Å². The molecule has 0 saturated carbocycles. The Balaban J connectivity index is 1.58. The van der Waals surface area contributed by atoms with E-state index in [-0.39, 0.29) is 17.7 Å². The molecule has 1 aliphatic rings. The number of aryl methyl sites for hydroxylation is 2. The smallest absolute Gasteiger partial charge is 0.261 e. The third-order valence-corrected chi connectivity index (χ3v) is 6.22. The quantitative estimate of drug-likeness (QED) is 0.690. The number of amides is 1. The lowest BCUT2D eigenvalue weighted by Gasteiger charge is -2.16. The van der Waals surface area contributed by atoms with Gasteiger partial charge in [0.1, 0.15) is 11.5 Å². The van der Waals surface area contributed by atoms with Crippen LogP contribution in [0.4, 0.5) is 0 Å². The fourth-order valence-corrected chi connectivity index (χ4v) is 4.71. The van der Waals surface area contributed by atoms with Crippen LogP contribution in [0.2, 0.25) is 0 Å². The number of thiophene rings is 1. The van der Waals surface area contributed by atoms with Crippen molar-refractivity contribution in [1.82, 2.24) is 5.32 Å². The Kier molecular flexibility index (Phi) is 4.62. The molecule has 27 heavy (non-hydrogen) atoms. The number of fused-ring (bicyclic) bond motifs is 3. The van der Waals surface area contributed by atoms with Crippen molar-refractivity contribution in [2.75, 3.05) is 7.11 Å². The van der Waals surface area contributed by atoms with E-state index in [0.29, 0.717) is 16.2 Å². The molecule has 2 aromatic carbocycles. The van der Waals surface area contributed by atoms with E-state index in [0.717, 1.165) is 12.8 Å². The summed E-state index contributed by atoms with van der Waals surface area (Å²) in [7, 11) is 1.58. The minimum Gasteiger partial charge on any atom is -0.508 e. The van der Waals surface area contributed by atoms with Crippen LogP contribution >= 0.6 is 11.3 Å². The molecule has 0 unspecified atom stereocenters. The Morgan fingerprint density at radius 2 is 1.93 bits per heavy atom. The molecule has 1 aliphatic carbocycles. The van der Waals surface area contributed by atoms with Crippen molar-refractivity contribution in [1.29, 1.82) is 0 Å². The van der Waals surface area contributed by atoms with Gasteiger partial charge in [-0.25, -0.2) is 0 Å². The van der Waals surface area contributed by atoms with E-state index in [2.05, 4.69) is 23.5 Å². The topological polar surface area (TPSA) is 58.6 Å². The van der Waals surface area contributed by atoms with Gasteiger partial charge in [-0.1, -0.05) is 24.3 Å². The normalized spacial score (nSPS) is 13.4. The van der Waals surface area contributed by atoms with Crippen LogP contribution in [0.3, 0.4) is 0 Å². The molecule has 0 saturated heterocycles. The number of nitrogens with one attached hydrogen (secondary N) is 1. The van der Waals surface area contributed by atoms with Crippen molar-refractivity contribution in [2.45, 2.75) is 25.8 Å². The van der Waals surface area contributed by atoms with Crippen molar-refractivity contribution >= 4 is 17.2 Å².